The van der Waals surface area contributed by atoms with Crippen molar-refractivity contribution in [2.75, 3.05) is 28.6 Å². The average Bonchev–Trinajstić information content (AvgIpc) is 3.07. The smallest absolute Gasteiger partial charge is 0.257 e. The van der Waals surface area contributed by atoms with Gasteiger partial charge < -0.3 is 15.5 Å². The predicted octanol–water partition coefficient (Wildman–Crippen LogP) is 5.03. The van der Waals surface area contributed by atoms with Gasteiger partial charge in [0.25, 0.3) is 5.91 Å². The van der Waals surface area contributed by atoms with E-state index in [1.54, 1.807) is 11.8 Å². The first-order valence-corrected chi connectivity index (χ1v) is 10.2. The zero-order valence-corrected chi connectivity index (χ0v) is 15.9. The highest BCUT2D eigenvalue weighted by Gasteiger charge is 2.25. The monoisotopic (exact) mass is 371 g/mol. The van der Waals surface area contributed by atoms with Crippen molar-refractivity contribution >= 4 is 28.5 Å². The lowest BCUT2D eigenvalue weighted by Gasteiger charge is -2.37. The molecule has 2 heterocycles. The fraction of sp³-hybridized carbons (Fsp3) is 0.292. The van der Waals surface area contributed by atoms with Gasteiger partial charge in [0, 0.05) is 41.9 Å². The number of nitrogens with one attached hydrogen (secondary N) is 2. The molecule has 0 radical (unpaired) electrons. The Morgan fingerprint density at radius 3 is 2.82 bits per heavy atom. The molecule has 0 aromatic heterocycles. The van der Waals surface area contributed by atoms with Gasteiger partial charge in [0.05, 0.1) is 5.57 Å². The van der Waals surface area contributed by atoms with Crippen LogP contribution in [0.2, 0.25) is 0 Å². The second kappa shape index (κ2) is 7.19. The van der Waals surface area contributed by atoms with Crippen LogP contribution in [0.5, 0.6) is 0 Å². The largest absolute Gasteiger partial charge is 0.368 e. The zero-order valence-electron chi connectivity index (χ0n) is 15.9. The first kappa shape index (κ1) is 17.1. The summed E-state index contributed by atoms with van der Waals surface area (Å²) in [6.07, 6.45) is 9.50. The first-order chi connectivity index (χ1) is 13.8. The van der Waals surface area contributed by atoms with Gasteiger partial charge in [0.15, 0.2) is 0 Å². The maximum Gasteiger partial charge on any atom is 0.257 e. The molecule has 1 aliphatic carbocycles. The van der Waals surface area contributed by atoms with Crippen molar-refractivity contribution in [1.82, 2.24) is 0 Å². The summed E-state index contributed by atoms with van der Waals surface area (Å²) in [7, 11) is 0. The number of allylic oxidation sites excluding steroid dienone is 1. The molecule has 2 aliphatic heterocycles. The molecule has 4 heteroatoms. The Kier molecular flexibility index (Phi) is 4.40. The molecule has 4 nitrogen and oxygen atoms in total. The number of hydrogen-bond donors (Lipinski definition) is 2. The number of anilines is 3. The van der Waals surface area contributed by atoms with Gasteiger partial charge in [-0.15, -0.1) is 0 Å². The van der Waals surface area contributed by atoms with Crippen molar-refractivity contribution in [3.63, 3.8) is 0 Å². The van der Waals surface area contributed by atoms with E-state index in [1.165, 1.54) is 31.4 Å². The molecular weight excluding hydrogens is 346 g/mol. The van der Waals surface area contributed by atoms with Gasteiger partial charge >= 0.3 is 0 Å². The summed E-state index contributed by atoms with van der Waals surface area (Å²) >= 11 is 0. The van der Waals surface area contributed by atoms with E-state index in [2.05, 4.69) is 45.9 Å². The Morgan fingerprint density at radius 1 is 1.07 bits per heavy atom. The fourth-order valence-electron chi connectivity index (χ4n) is 4.56. The van der Waals surface area contributed by atoms with E-state index < -0.39 is 0 Å². The van der Waals surface area contributed by atoms with E-state index in [9.17, 15) is 4.79 Å². The number of carbonyl (C=O) groups is 1. The van der Waals surface area contributed by atoms with E-state index in [1.807, 2.05) is 24.3 Å². The molecule has 1 amide bonds. The highest BCUT2D eigenvalue weighted by molar-refractivity contribution is 6.31. The molecule has 5 rings (SSSR count). The van der Waals surface area contributed by atoms with Crippen molar-refractivity contribution < 1.29 is 4.79 Å². The van der Waals surface area contributed by atoms with Crippen molar-refractivity contribution in [3.05, 3.63) is 71.9 Å². The molecule has 3 aliphatic rings. The van der Waals surface area contributed by atoms with E-state index in [0.717, 1.165) is 35.9 Å². The SMILES string of the molecule is O=C1Nc2ccccc2C1=CNc1ccc(N2CCC3CCCC=C3C2)cc1. The molecule has 0 spiro atoms. The van der Waals surface area contributed by atoms with Crippen LogP contribution in [-0.2, 0) is 4.79 Å². The highest BCUT2D eigenvalue weighted by Crippen LogP contribution is 2.34. The lowest BCUT2D eigenvalue weighted by molar-refractivity contribution is -0.110. The second-order valence-corrected chi connectivity index (χ2v) is 7.87. The van der Waals surface area contributed by atoms with Gasteiger partial charge in [-0.3, -0.25) is 4.79 Å². The Hall–Kier alpha value is -3.01. The summed E-state index contributed by atoms with van der Waals surface area (Å²) in [6.45, 7) is 2.20. The Bertz CT molecular complexity index is 958. The van der Waals surface area contributed by atoms with Gasteiger partial charge in [0.1, 0.15) is 0 Å². The van der Waals surface area contributed by atoms with Crippen molar-refractivity contribution in [2.45, 2.75) is 25.7 Å². The summed E-state index contributed by atoms with van der Waals surface area (Å²) < 4.78 is 0. The summed E-state index contributed by atoms with van der Waals surface area (Å²) in [5, 5.41) is 6.18. The number of fused-ring (bicyclic) bond motifs is 2. The van der Waals surface area contributed by atoms with Crippen LogP contribution < -0.4 is 15.5 Å². The third-order valence-electron chi connectivity index (χ3n) is 6.13. The van der Waals surface area contributed by atoms with Gasteiger partial charge in [-0.25, -0.2) is 0 Å². The van der Waals surface area contributed by atoms with Gasteiger partial charge in [-0.1, -0.05) is 29.8 Å². The van der Waals surface area contributed by atoms with Crippen molar-refractivity contribution in [2.24, 2.45) is 5.92 Å². The van der Waals surface area contributed by atoms with Crippen LogP contribution in [0.1, 0.15) is 31.2 Å². The molecule has 2 aromatic carbocycles. The average molecular weight is 371 g/mol. The molecule has 142 valence electrons. The van der Waals surface area contributed by atoms with Crippen LogP contribution in [0.25, 0.3) is 5.57 Å². The quantitative estimate of drug-likeness (QED) is 0.588. The normalized spacial score (nSPS) is 22.4. The minimum atomic E-state index is -0.0612. The number of benzene rings is 2. The molecular formula is C24H25N3O. The summed E-state index contributed by atoms with van der Waals surface area (Å²) in [6, 6.07) is 16.3. The molecule has 0 bridgehead atoms. The number of amides is 1. The molecule has 1 unspecified atom stereocenters. The van der Waals surface area contributed by atoms with Crippen LogP contribution >= 0.6 is 0 Å². The van der Waals surface area contributed by atoms with Crippen molar-refractivity contribution in [3.8, 4) is 0 Å². The zero-order chi connectivity index (χ0) is 18.9. The lowest BCUT2D eigenvalue weighted by Crippen LogP contribution is -2.36. The predicted molar refractivity (Wildman–Crippen MR) is 115 cm³/mol. The van der Waals surface area contributed by atoms with Gasteiger partial charge in [-0.05, 0) is 61.9 Å². The Balaban J connectivity index is 1.28. The minimum absolute atomic E-state index is 0.0612. The van der Waals surface area contributed by atoms with E-state index >= 15 is 0 Å². The van der Waals surface area contributed by atoms with E-state index in [4.69, 9.17) is 0 Å². The molecule has 28 heavy (non-hydrogen) atoms. The molecule has 2 aromatic rings. The third kappa shape index (κ3) is 3.19. The van der Waals surface area contributed by atoms with Crippen LogP contribution in [-0.4, -0.2) is 19.0 Å². The van der Waals surface area contributed by atoms with Crippen molar-refractivity contribution in [1.29, 1.82) is 0 Å². The molecule has 1 fully saturated rings. The Morgan fingerprint density at radius 2 is 1.93 bits per heavy atom. The maximum absolute atomic E-state index is 12.2. The number of para-hydroxylation sites is 1. The molecule has 1 saturated heterocycles. The standard InChI is InChI=1S/C24H25N3O/c28-24-22(21-7-3-4-8-23(21)26-24)15-25-19-9-11-20(12-10-19)27-14-13-17-5-1-2-6-18(17)16-27/h3-4,6-12,15,17,25H,1-2,5,13-14,16H2,(H,26,28). The molecule has 0 saturated carbocycles. The Labute approximate surface area is 165 Å². The van der Waals surface area contributed by atoms with Crippen LogP contribution in [0.4, 0.5) is 17.1 Å². The maximum atomic E-state index is 12.2. The summed E-state index contributed by atoms with van der Waals surface area (Å²) in [5.74, 6) is 0.756. The van der Waals surface area contributed by atoms with Crippen LogP contribution in [0.3, 0.4) is 0 Å². The molecule has 2 N–H and O–H groups in total. The van der Waals surface area contributed by atoms with Crippen LogP contribution in [0, 0.1) is 5.92 Å². The lowest BCUT2D eigenvalue weighted by atomic mass is 9.82. The van der Waals surface area contributed by atoms with Gasteiger partial charge in [-0.2, -0.15) is 0 Å². The highest BCUT2D eigenvalue weighted by atomic mass is 16.2. The molecule has 1 atom stereocenters. The van der Waals surface area contributed by atoms with E-state index in [0.29, 0.717) is 5.57 Å². The fourth-order valence-corrected chi connectivity index (χ4v) is 4.56. The summed E-state index contributed by atoms with van der Waals surface area (Å²) in [5.41, 5.74) is 6.38. The summed E-state index contributed by atoms with van der Waals surface area (Å²) in [4.78, 5) is 14.7. The number of piperidine rings is 1. The first-order valence-electron chi connectivity index (χ1n) is 10.2. The number of nitrogens with zero attached hydrogens (tertiary/aromatic N) is 1. The van der Waals surface area contributed by atoms with Crippen LogP contribution in [0.15, 0.2) is 66.4 Å². The van der Waals surface area contributed by atoms with Gasteiger partial charge in [0.2, 0.25) is 0 Å². The topological polar surface area (TPSA) is 44.4 Å². The third-order valence-corrected chi connectivity index (χ3v) is 6.13. The number of rotatable bonds is 3. The second-order valence-electron chi connectivity index (χ2n) is 7.87. The number of hydrogen-bond acceptors (Lipinski definition) is 3. The van der Waals surface area contributed by atoms with E-state index in [-0.39, 0.29) is 5.91 Å². The number of carbonyl (C=O) groups excluding carboxylic acids is 1. The minimum Gasteiger partial charge on any atom is -0.368 e.